The van der Waals surface area contributed by atoms with Crippen LogP contribution in [-0.2, 0) is 10.0 Å². The van der Waals surface area contributed by atoms with Gasteiger partial charge in [0.2, 0.25) is 10.0 Å². The first-order valence-corrected chi connectivity index (χ1v) is 8.69. The zero-order chi connectivity index (χ0) is 18.4. The highest BCUT2D eigenvalue weighted by Gasteiger charge is 2.24. The second-order valence-corrected chi connectivity index (χ2v) is 6.94. The molecule has 0 aliphatic rings. The van der Waals surface area contributed by atoms with Crippen molar-refractivity contribution in [2.75, 3.05) is 0 Å². The molecule has 25 heavy (non-hydrogen) atoms. The highest BCUT2D eigenvalue weighted by molar-refractivity contribution is 7.89. The first-order chi connectivity index (χ1) is 11.8. The van der Waals surface area contributed by atoms with Crippen LogP contribution in [0.15, 0.2) is 64.6 Å². The third-order valence-corrected chi connectivity index (χ3v) is 5.06. The summed E-state index contributed by atoms with van der Waals surface area (Å²) in [6.07, 6.45) is 0. The van der Waals surface area contributed by atoms with E-state index in [2.05, 4.69) is 14.7 Å². The van der Waals surface area contributed by atoms with Gasteiger partial charge in [0, 0.05) is 23.1 Å². The van der Waals surface area contributed by atoms with Crippen molar-refractivity contribution in [1.29, 1.82) is 0 Å². The molecule has 0 aromatic heterocycles. The van der Waals surface area contributed by atoms with Crippen LogP contribution in [0.4, 0.5) is 5.69 Å². The molecule has 0 unspecified atom stereocenters. The second kappa shape index (κ2) is 7.75. The number of benzene rings is 2. The van der Waals surface area contributed by atoms with Gasteiger partial charge in [-0.15, -0.1) is 0 Å². The number of nitrogens with one attached hydrogen (secondary N) is 1. The lowest BCUT2D eigenvalue weighted by Crippen LogP contribution is -2.36. The summed E-state index contributed by atoms with van der Waals surface area (Å²) in [5, 5.41) is 14.3. The smallest absolute Gasteiger partial charge is 0.258 e. The van der Waals surface area contributed by atoms with Gasteiger partial charge in [0.25, 0.3) is 5.69 Å². The van der Waals surface area contributed by atoms with E-state index in [9.17, 15) is 18.5 Å². The molecule has 0 amide bonds. The minimum absolute atomic E-state index is 0.113. The third kappa shape index (κ3) is 4.54. The number of rotatable bonds is 7. The molecular weight excluding hydrogens is 346 g/mol. The molecule has 2 atom stereocenters. The van der Waals surface area contributed by atoms with Crippen LogP contribution in [0.1, 0.15) is 18.5 Å². The summed E-state index contributed by atoms with van der Waals surface area (Å²) in [7, 11) is -3.93. The van der Waals surface area contributed by atoms with Gasteiger partial charge in [0.05, 0.1) is 15.9 Å². The van der Waals surface area contributed by atoms with Gasteiger partial charge in [-0.3, -0.25) is 10.1 Å². The lowest BCUT2D eigenvalue weighted by molar-refractivity contribution is -0.384. The summed E-state index contributed by atoms with van der Waals surface area (Å²) >= 11 is 0. The third-order valence-electron chi connectivity index (χ3n) is 3.49. The van der Waals surface area contributed by atoms with Gasteiger partial charge in [-0.1, -0.05) is 35.4 Å². The van der Waals surface area contributed by atoms with E-state index in [-0.39, 0.29) is 10.6 Å². The Kier molecular flexibility index (Phi) is 5.71. The molecule has 130 valence electrons. The Morgan fingerprint density at radius 1 is 1.16 bits per heavy atom. The Labute approximate surface area is 144 Å². The molecule has 0 saturated carbocycles. The van der Waals surface area contributed by atoms with Crippen LogP contribution in [0.25, 0.3) is 10.4 Å². The Morgan fingerprint density at radius 3 is 2.28 bits per heavy atom. The van der Waals surface area contributed by atoms with E-state index in [1.165, 1.54) is 0 Å². The zero-order valence-corrected chi connectivity index (χ0v) is 14.0. The number of azide groups is 1. The standard InChI is InChI=1S/C15H15N5O4S/c1-11(15(17-19-16)12-5-3-2-4-6-12)18-25(23,24)14-9-7-13(8-10-14)20(21)22/h2-11,15,18H,1H3/t11-,15-/m1/s1. The molecule has 0 bridgehead atoms. The Morgan fingerprint density at radius 2 is 1.76 bits per heavy atom. The molecule has 9 nitrogen and oxygen atoms in total. The average Bonchev–Trinajstić information content (AvgIpc) is 2.60. The molecule has 0 spiro atoms. The summed E-state index contributed by atoms with van der Waals surface area (Å²) in [5.41, 5.74) is 9.22. The van der Waals surface area contributed by atoms with Crippen molar-refractivity contribution in [3.8, 4) is 0 Å². The maximum absolute atomic E-state index is 12.4. The lowest BCUT2D eigenvalue weighted by atomic mass is 10.0. The fourth-order valence-corrected chi connectivity index (χ4v) is 3.53. The zero-order valence-electron chi connectivity index (χ0n) is 13.2. The Balaban J connectivity index is 2.25. The highest BCUT2D eigenvalue weighted by Crippen LogP contribution is 2.23. The maximum atomic E-state index is 12.4. The van der Waals surface area contributed by atoms with Gasteiger partial charge in [-0.2, -0.15) is 0 Å². The van der Waals surface area contributed by atoms with E-state index in [0.717, 1.165) is 24.3 Å². The summed E-state index contributed by atoms with van der Waals surface area (Å²) in [6.45, 7) is 1.58. The number of hydrogen-bond donors (Lipinski definition) is 1. The molecule has 0 radical (unpaired) electrons. The lowest BCUT2D eigenvalue weighted by Gasteiger charge is -2.21. The molecule has 10 heteroatoms. The van der Waals surface area contributed by atoms with E-state index in [1.54, 1.807) is 37.3 Å². The van der Waals surface area contributed by atoms with E-state index in [0.29, 0.717) is 5.56 Å². The first kappa shape index (κ1) is 18.4. The molecule has 0 heterocycles. The molecule has 1 N–H and O–H groups in total. The molecule has 0 aliphatic carbocycles. The van der Waals surface area contributed by atoms with Gasteiger partial charge in [0.15, 0.2) is 0 Å². The summed E-state index contributed by atoms with van der Waals surface area (Å²) in [6, 6.07) is 11.8. The van der Waals surface area contributed by atoms with Crippen molar-refractivity contribution in [1.82, 2.24) is 4.72 Å². The van der Waals surface area contributed by atoms with Crippen LogP contribution in [0.5, 0.6) is 0 Å². The number of nitro groups is 1. The van der Waals surface area contributed by atoms with Crippen LogP contribution in [-0.4, -0.2) is 19.4 Å². The van der Waals surface area contributed by atoms with Crippen molar-refractivity contribution in [2.45, 2.75) is 23.9 Å². The summed E-state index contributed by atoms with van der Waals surface area (Å²) < 4.78 is 27.3. The average molecular weight is 361 g/mol. The monoisotopic (exact) mass is 361 g/mol. The molecule has 2 aromatic rings. The minimum Gasteiger partial charge on any atom is -0.258 e. The second-order valence-electron chi connectivity index (χ2n) is 5.22. The minimum atomic E-state index is -3.93. The molecule has 2 rings (SSSR count). The molecule has 2 aromatic carbocycles. The fraction of sp³-hybridized carbons (Fsp3) is 0.200. The quantitative estimate of drug-likeness (QED) is 0.266. The molecule has 0 aliphatic heterocycles. The Hall–Kier alpha value is -2.94. The number of sulfonamides is 1. The van der Waals surface area contributed by atoms with Gasteiger partial charge in [0.1, 0.15) is 0 Å². The van der Waals surface area contributed by atoms with Gasteiger partial charge >= 0.3 is 0 Å². The topological polar surface area (TPSA) is 138 Å². The maximum Gasteiger partial charge on any atom is 0.269 e. The number of non-ortho nitro benzene ring substituents is 1. The van der Waals surface area contributed by atoms with Crippen molar-refractivity contribution in [3.63, 3.8) is 0 Å². The van der Waals surface area contributed by atoms with E-state index < -0.39 is 27.0 Å². The molecular formula is C15H15N5O4S. The highest BCUT2D eigenvalue weighted by atomic mass is 32.2. The molecule has 0 saturated heterocycles. The van der Waals surface area contributed by atoms with E-state index in [1.807, 2.05) is 0 Å². The van der Waals surface area contributed by atoms with E-state index >= 15 is 0 Å². The number of nitrogens with zero attached hydrogens (tertiary/aromatic N) is 4. The SMILES string of the molecule is C[C@@H](NS(=O)(=O)c1ccc([N+](=O)[O-])cc1)[C@@H](N=[N+]=[N-])c1ccccc1. The van der Waals surface area contributed by atoms with Gasteiger partial charge < -0.3 is 0 Å². The first-order valence-electron chi connectivity index (χ1n) is 7.21. The van der Waals surface area contributed by atoms with Crippen molar-refractivity contribution in [3.05, 3.63) is 80.7 Å². The van der Waals surface area contributed by atoms with Crippen molar-refractivity contribution < 1.29 is 13.3 Å². The molecule has 0 fully saturated rings. The van der Waals surface area contributed by atoms with Crippen LogP contribution >= 0.6 is 0 Å². The van der Waals surface area contributed by atoms with E-state index in [4.69, 9.17) is 5.53 Å². The Bertz CT molecular complexity index is 893. The van der Waals surface area contributed by atoms with Gasteiger partial charge in [-0.25, -0.2) is 13.1 Å². The van der Waals surface area contributed by atoms with Gasteiger partial charge in [-0.05, 0) is 30.2 Å². The fourth-order valence-electron chi connectivity index (χ4n) is 2.29. The van der Waals surface area contributed by atoms with Crippen LogP contribution < -0.4 is 4.72 Å². The summed E-state index contributed by atoms with van der Waals surface area (Å²) in [4.78, 5) is 12.7. The number of hydrogen-bond acceptors (Lipinski definition) is 5. The number of nitro benzene ring substituents is 1. The predicted molar refractivity (Wildman–Crippen MR) is 91.2 cm³/mol. The van der Waals surface area contributed by atoms with Crippen LogP contribution in [0, 0.1) is 10.1 Å². The van der Waals surface area contributed by atoms with Crippen molar-refractivity contribution >= 4 is 15.7 Å². The normalized spacial score (nSPS) is 13.5. The van der Waals surface area contributed by atoms with Crippen LogP contribution in [0.2, 0.25) is 0 Å². The van der Waals surface area contributed by atoms with Crippen molar-refractivity contribution in [2.24, 2.45) is 5.11 Å². The van der Waals surface area contributed by atoms with Crippen LogP contribution in [0.3, 0.4) is 0 Å². The largest absolute Gasteiger partial charge is 0.269 e. The predicted octanol–water partition coefficient (Wildman–Crippen LogP) is 3.31. The summed E-state index contributed by atoms with van der Waals surface area (Å²) in [5.74, 6) is 0.